The van der Waals surface area contributed by atoms with Crippen molar-refractivity contribution in [1.29, 1.82) is 0 Å². The van der Waals surface area contributed by atoms with Gasteiger partial charge in [0, 0.05) is 75.6 Å². The number of amides is 2. The van der Waals surface area contributed by atoms with E-state index in [-0.39, 0.29) is 29.6 Å². The highest BCUT2D eigenvalue weighted by Gasteiger charge is 2.33. The number of hydrogen-bond donors (Lipinski definition) is 2. The number of allylic oxidation sites excluding steroid dienone is 1. The minimum absolute atomic E-state index is 0.000556. The van der Waals surface area contributed by atoms with Crippen LogP contribution in [0.1, 0.15) is 64.0 Å². The molecular weight excluding hydrogens is 648 g/mol. The minimum atomic E-state index is -0.234. The lowest BCUT2D eigenvalue weighted by molar-refractivity contribution is -0.138. The molecule has 3 aliphatic heterocycles. The van der Waals surface area contributed by atoms with Crippen molar-refractivity contribution >= 4 is 58.6 Å². The van der Waals surface area contributed by atoms with Gasteiger partial charge >= 0.3 is 0 Å². The molecule has 0 aromatic heterocycles. The van der Waals surface area contributed by atoms with Gasteiger partial charge in [0.1, 0.15) is 12.6 Å². The molecule has 2 amide bonds. The topological polar surface area (TPSA) is 124 Å². The molecule has 2 saturated heterocycles. The molecule has 1 aromatic carbocycles. The first-order valence-corrected chi connectivity index (χ1v) is 17.2. The van der Waals surface area contributed by atoms with Gasteiger partial charge in [-0.15, -0.1) is 0 Å². The van der Waals surface area contributed by atoms with Crippen molar-refractivity contribution in [2.45, 2.75) is 66.7 Å². The lowest BCUT2D eigenvalue weighted by Crippen LogP contribution is -2.46. The highest BCUT2D eigenvalue weighted by atomic mass is 79.9. The Morgan fingerprint density at radius 1 is 1.00 bits per heavy atom. The van der Waals surface area contributed by atoms with Crippen molar-refractivity contribution < 1.29 is 19.2 Å². The third-order valence-electron chi connectivity index (χ3n) is 8.98. The maximum Gasteiger partial charge on any atom is 0.229 e. The van der Waals surface area contributed by atoms with E-state index in [0.29, 0.717) is 18.8 Å². The summed E-state index contributed by atoms with van der Waals surface area (Å²) < 4.78 is 0.947. The molecule has 0 aliphatic carbocycles. The van der Waals surface area contributed by atoms with Crippen LogP contribution >= 0.6 is 15.9 Å². The van der Waals surface area contributed by atoms with Crippen LogP contribution in [-0.2, 0) is 19.2 Å². The van der Waals surface area contributed by atoms with Crippen molar-refractivity contribution in [2.75, 3.05) is 50.7 Å². The number of nitrogens with one attached hydrogen (secondary N) is 2. The van der Waals surface area contributed by atoms with E-state index in [0.717, 1.165) is 69.2 Å². The molecule has 0 spiro atoms. The summed E-state index contributed by atoms with van der Waals surface area (Å²) in [7, 11) is 0. The first-order valence-electron chi connectivity index (χ1n) is 16.4. The number of piperazine rings is 1. The number of anilines is 1. The van der Waals surface area contributed by atoms with Gasteiger partial charge in [0.25, 0.3) is 0 Å². The number of piperidine rings is 1. The predicted molar refractivity (Wildman–Crippen MR) is 191 cm³/mol. The lowest BCUT2D eigenvalue weighted by Gasteiger charge is -2.37. The van der Waals surface area contributed by atoms with Crippen LogP contribution in [0.5, 0.6) is 0 Å². The Morgan fingerprint density at radius 2 is 1.67 bits per heavy atom. The average Bonchev–Trinajstić information content (AvgIpc) is 3.04. The van der Waals surface area contributed by atoms with Crippen LogP contribution in [0.2, 0.25) is 0 Å². The fourth-order valence-electron chi connectivity index (χ4n) is 5.59. The summed E-state index contributed by atoms with van der Waals surface area (Å²) in [5.74, 6) is -0.101. The summed E-state index contributed by atoms with van der Waals surface area (Å²) in [4.78, 5) is 55.8. The number of aryl methyl sites for hydroxylation is 2. The number of imide groups is 1. The molecule has 2 N–H and O–H groups in total. The average molecular weight is 702 g/mol. The third kappa shape index (κ3) is 14.1. The Hall–Kier alpha value is -3.18. The molecule has 254 valence electrons. The van der Waals surface area contributed by atoms with E-state index < -0.39 is 0 Å². The molecule has 4 atom stereocenters. The van der Waals surface area contributed by atoms with Crippen molar-refractivity contribution in [3.05, 3.63) is 40.0 Å². The van der Waals surface area contributed by atoms with Gasteiger partial charge in [-0.25, -0.2) is 0 Å². The monoisotopic (exact) mass is 700 g/mol. The van der Waals surface area contributed by atoms with Gasteiger partial charge in [-0.1, -0.05) is 19.9 Å². The maximum atomic E-state index is 11.4. The molecule has 3 aliphatic rings. The second-order valence-corrected chi connectivity index (χ2v) is 13.2. The van der Waals surface area contributed by atoms with E-state index in [1.807, 2.05) is 19.3 Å². The Bertz CT molecular complexity index is 1210. The molecule has 1 aromatic rings. The van der Waals surface area contributed by atoms with Gasteiger partial charge < -0.3 is 19.8 Å². The van der Waals surface area contributed by atoms with Crippen LogP contribution in [0.15, 0.2) is 38.9 Å². The number of hydrogen-bond acceptors (Lipinski definition) is 9. The zero-order chi connectivity index (χ0) is 33.9. The lowest BCUT2D eigenvalue weighted by atomic mass is 9.80. The highest BCUT2D eigenvalue weighted by molar-refractivity contribution is 9.12. The van der Waals surface area contributed by atoms with Crippen LogP contribution in [0.25, 0.3) is 0 Å². The van der Waals surface area contributed by atoms with Crippen molar-refractivity contribution in [3.8, 4) is 0 Å². The molecular formula is C35H53BrN6O4. The molecule has 2 fully saturated rings. The number of rotatable bonds is 7. The zero-order valence-electron chi connectivity index (χ0n) is 28.2. The summed E-state index contributed by atoms with van der Waals surface area (Å²) in [6.07, 6.45) is 11.6. The van der Waals surface area contributed by atoms with Gasteiger partial charge in [-0.3, -0.25) is 29.8 Å². The number of nitrogens with zero attached hydrogens (tertiary/aromatic N) is 4. The quantitative estimate of drug-likeness (QED) is 0.308. The van der Waals surface area contributed by atoms with Gasteiger partial charge in [-0.2, -0.15) is 0 Å². The number of aliphatic imine (C=N–C) groups is 2. The zero-order valence-corrected chi connectivity index (χ0v) is 29.8. The molecule has 0 saturated carbocycles. The molecule has 4 rings (SSSR count). The van der Waals surface area contributed by atoms with E-state index in [4.69, 9.17) is 4.79 Å². The number of halogens is 1. The normalized spacial score (nSPS) is 23.3. The van der Waals surface area contributed by atoms with Gasteiger partial charge in [-0.05, 0) is 104 Å². The van der Waals surface area contributed by atoms with E-state index in [1.54, 1.807) is 13.3 Å². The summed E-state index contributed by atoms with van der Waals surface area (Å²) in [6, 6.07) is 6.85. The first-order chi connectivity index (χ1) is 22.1. The smallest absolute Gasteiger partial charge is 0.229 e. The van der Waals surface area contributed by atoms with E-state index in [2.05, 4.69) is 78.4 Å². The third-order valence-corrected chi connectivity index (χ3v) is 9.41. The van der Waals surface area contributed by atoms with Gasteiger partial charge in [0.05, 0.1) is 10.8 Å². The van der Waals surface area contributed by atoms with Crippen LogP contribution < -0.4 is 15.5 Å². The molecule has 4 unspecified atom stereocenters. The number of aldehydes is 2. The van der Waals surface area contributed by atoms with Crippen LogP contribution in [-0.4, -0.2) is 87.7 Å². The molecule has 46 heavy (non-hydrogen) atoms. The number of carbonyl (C=O) groups is 4. The van der Waals surface area contributed by atoms with Crippen molar-refractivity contribution in [2.24, 2.45) is 33.7 Å². The molecule has 10 nitrogen and oxygen atoms in total. The van der Waals surface area contributed by atoms with Gasteiger partial charge in [0.2, 0.25) is 11.8 Å². The summed E-state index contributed by atoms with van der Waals surface area (Å²) in [6.45, 7) is 17.0. The SMILES string of the molecule is CC(C=O)C(C)C1CCC(=O)NC1=O.CC=O.Cc1ccc(N2CCN(CCC3CCN=CN/C=C(/Br)C=NCC3)CC2)cc1C. The Balaban J connectivity index is 0.000000362. The molecule has 11 heteroatoms. The van der Waals surface area contributed by atoms with E-state index in [1.165, 1.54) is 36.7 Å². The van der Waals surface area contributed by atoms with Crippen LogP contribution in [0.3, 0.4) is 0 Å². The van der Waals surface area contributed by atoms with Crippen molar-refractivity contribution in [1.82, 2.24) is 15.5 Å². The predicted octanol–water partition coefficient (Wildman–Crippen LogP) is 4.87. The Labute approximate surface area is 283 Å². The van der Waals surface area contributed by atoms with E-state index >= 15 is 0 Å². The summed E-state index contributed by atoms with van der Waals surface area (Å²) in [5.41, 5.74) is 4.13. The fourth-order valence-corrected chi connectivity index (χ4v) is 5.87. The number of carbonyl (C=O) groups excluding carboxylic acids is 4. The fraction of sp³-hybridized carbons (Fsp3) is 0.600. The van der Waals surface area contributed by atoms with E-state index in [9.17, 15) is 14.4 Å². The molecule has 0 bridgehead atoms. The summed E-state index contributed by atoms with van der Waals surface area (Å²) in [5, 5.41) is 5.37. The summed E-state index contributed by atoms with van der Waals surface area (Å²) >= 11 is 3.48. The first kappa shape index (κ1) is 39.0. The second kappa shape index (κ2) is 21.6. The maximum absolute atomic E-state index is 11.4. The number of benzene rings is 1. The second-order valence-electron chi connectivity index (χ2n) is 12.2. The molecule has 3 heterocycles. The van der Waals surface area contributed by atoms with Crippen molar-refractivity contribution in [3.63, 3.8) is 0 Å². The van der Waals surface area contributed by atoms with Crippen LogP contribution in [0.4, 0.5) is 5.69 Å². The Kier molecular flexibility index (Phi) is 18.3. The highest BCUT2D eigenvalue weighted by Crippen LogP contribution is 2.26. The Morgan fingerprint density at radius 3 is 2.30 bits per heavy atom. The van der Waals surface area contributed by atoms with Crippen LogP contribution in [0, 0.1) is 37.5 Å². The van der Waals surface area contributed by atoms with Gasteiger partial charge in [0.15, 0.2) is 0 Å². The standard InChI is InChI=1S/C23H34BrN5.C10H15NO3.C2H4O/c1-19-3-4-23(15-20(19)2)29-13-11-28(12-14-29)10-7-21-5-8-25-16-22(24)17-27-18-26-9-6-21;1-6(5-12)7(2)8-3-4-9(13)11-10(8)14;1-2-3/h3-4,15-18,21H,5-14H2,1-2H3,(H,26,27);5-8H,3-4H2,1-2H3,(H,11,13,14);2H,1H3/b22-17+,25-16?;;. The largest absolute Gasteiger partial charge is 0.369 e. The molecule has 0 radical (unpaired) electrons. The minimum Gasteiger partial charge on any atom is -0.369 e.